The SMILES string of the molecule is O=C(NCc1ccccn1)Nc1ccc(C2CC2)c(F)c1. The molecule has 1 aromatic carbocycles. The number of benzene rings is 1. The molecule has 5 heteroatoms. The molecule has 0 radical (unpaired) electrons. The third-order valence-corrected chi connectivity index (χ3v) is 3.43. The molecule has 0 atom stereocenters. The molecule has 1 heterocycles. The predicted molar refractivity (Wildman–Crippen MR) is 78.5 cm³/mol. The first kappa shape index (κ1) is 13.5. The molecule has 0 unspecified atom stereocenters. The fourth-order valence-corrected chi connectivity index (χ4v) is 2.18. The van der Waals surface area contributed by atoms with Crippen molar-refractivity contribution in [3.63, 3.8) is 0 Å². The van der Waals surface area contributed by atoms with Gasteiger partial charge >= 0.3 is 6.03 Å². The topological polar surface area (TPSA) is 54.0 Å². The lowest BCUT2D eigenvalue weighted by Crippen LogP contribution is -2.28. The first-order valence-electron chi connectivity index (χ1n) is 6.96. The van der Waals surface area contributed by atoms with Crippen molar-refractivity contribution in [2.24, 2.45) is 0 Å². The summed E-state index contributed by atoms with van der Waals surface area (Å²) in [5.74, 6) is 0.108. The monoisotopic (exact) mass is 285 g/mol. The Morgan fingerprint density at radius 1 is 1.29 bits per heavy atom. The number of urea groups is 1. The van der Waals surface area contributed by atoms with Crippen LogP contribution in [0.15, 0.2) is 42.6 Å². The molecule has 108 valence electrons. The molecule has 0 bridgehead atoms. The fraction of sp³-hybridized carbons (Fsp3) is 0.250. The largest absolute Gasteiger partial charge is 0.332 e. The van der Waals surface area contributed by atoms with Crippen LogP contribution in [0, 0.1) is 5.82 Å². The van der Waals surface area contributed by atoms with E-state index < -0.39 is 0 Å². The number of nitrogens with one attached hydrogen (secondary N) is 2. The highest BCUT2D eigenvalue weighted by molar-refractivity contribution is 5.89. The average Bonchev–Trinajstić information content (AvgIpc) is 3.31. The second-order valence-corrected chi connectivity index (χ2v) is 5.14. The number of anilines is 1. The quantitative estimate of drug-likeness (QED) is 0.904. The van der Waals surface area contributed by atoms with Crippen LogP contribution in [-0.2, 0) is 6.54 Å². The highest BCUT2D eigenvalue weighted by Crippen LogP contribution is 2.41. The van der Waals surface area contributed by atoms with Crippen LogP contribution in [0.1, 0.15) is 30.0 Å². The smallest absolute Gasteiger partial charge is 0.319 e. The summed E-state index contributed by atoms with van der Waals surface area (Å²) in [4.78, 5) is 15.9. The summed E-state index contributed by atoms with van der Waals surface area (Å²) in [7, 11) is 0. The van der Waals surface area contributed by atoms with E-state index in [1.807, 2.05) is 18.2 Å². The van der Waals surface area contributed by atoms with Crippen molar-refractivity contribution < 1.29 is 9.18 Å². The normalized spacial score (nSPS) is 13.8. The van der Waals surface area contributed by atoms with Gasteiger partial charge in [-0.25, -0.2) is 9.18 Å². The summed E-state index contributed by atoms with van der Waals surface area (Å²) in [5, 5.41) is 5.30. The second kappa shape index (κ2) is 5.91. The molecular weight excluding hydrogens is 269 g/mol. The van der Waals surface area contributed by atoms with E-state index in [-0.39, 0.29) is 11.8 Å². The van der Waals surface area contributed by atoms with Gasteiger partial charge in [0.2, 0.25) is 0 Å². The minimum atomic E-state index is -0.376. The van der Waals surface area contributed by atoms with E-state index >= 15 is 0 Å². The summed E-state index contributed by atoms with van der Waals surface area (Å²) in [5.41, 5.74) is 1.97. The van der Waals surface area contributed by atoms with E-state index in [4.69, 9.17) is 0 Å². The fourth-order valence-electron chi connectivity index (χ4n) is 2.18. The molecule has 1 aliphatic rings. The van der Waals surface area contributed by atoms with Crippen LogP contribution in [-0.4, -0.2) is 11.0 Å². The maximum absolute atomic E-state index is 13.9. The molecule has 2 N–H and O–H groups in total. The number of halogens is 1. The van der Waals surface area contributed by atoms with Crippen LogP contribution in [0.3, 0.4) is 0 Å². The van der Waals surface area contributed by atoms with Gasteiger partial charge in [-0.1, -0.05) is 12.1 Å². The number of carbonyl (C=O) groups is 1. The lowest BCUT2D eigenvalue weighted by molar-refractivity contribution is 0.251. The molecule has 1 aromatic heterocycles. The second-order valence-electron chi connectivity index (χ2n) is 5.14. The molecule has 21 heavy (non-hydrogen) atoms. The van der Waals surface area contributed by atoms with Crippen LogP contribution >= 0.6 is 0 Å². The standard InChI is InChI=1S/C16H16FN3O/c17-15-9-12(6-7-14(15)11-4-5-11)20-16(21)19-10-13-3-1-2-8-18-13/h1-3,6-9,11H,4-5,10H2,(H2,19,20,21). The summed E-state index contributed by atoms with van der Waals surface area (Å²) in [6, 6.07) is 9.97. The number of amides is 2. The zero-order chi connectivity index (χ0) is 14.7. The Labute approximate surface area is 122 Å². The van der Waals surface area contributed by atoms with Crippen molar-refractivity contribution in [3.8, 4) is 0 Å². The summed E-state index contributed by atoms with van der Waals surface area (Å²) >= 11 is 0. The minimum absolute atomic E-state index is 0.250. The van der Waals surface area contributed by atoms with Crippen LogP contribution < -0.4 is 10.6 Å². The first-order chi connectivity index (χ1) is 10.2. The molecular formula is C16H16FN3O. The molecule has 1 fully saturated rings. The van der Waals surface area contributed by atoms with Crippen molar-refractivity contribution in [3.05, 3.63) is 59.7 Å². The molecule has 3 rings (SSSR count). The number of hydrogen-bond acceptors (Lipinski definition) is 2. The molecule has 0 spiro atoms. The van der Waals surface area contributed by atoms with Gasteiger partial charge in [-0.05, 0) is 48.6 Å². The number of hydrogen-bond donors (Lipinski definition) is 2. The van der Waals surface area contributed by atoms with Gasteiger partial charge in [-0.2, -0.15) is 0 Å². The highest BCUT2D eigenvalue weighted by Gasteiger charge is 2.26. The van der Waals surface area contributed by atoms with Gasteiger partial charge in [-0.3, -0.25) is 4.98 Å². The van der Waals surface area contributed by atoms with E-state index in [9.17, 15) is 9.18 Å². The van der Waals surface area contributed by atoms with Crippen molar-refractivity contribution in [1.82, 2.24) is 10.3 Å². The van der Waals surface area contributed by atoms with E-state index in [2.05, 4.69) is 15.6 Å². The number of rotatable bonds is 4. The zero-order valence-electron chi connectivity index (χ0n) is 11.5. The van der Waals surface area contributed by atoms with E-state index in [0.29, 0.717) is 18.2 Å². The van der Waals surface area contributed by atoms with Crippen LogP contribution in [0.4, 0.5) is 14.9 Å². The van der Waals surface area contributed by atoms with Gasteiger partial charge in [0.15, 0.2) is 0 Å². The van der Waals surface area contributed by atoms with Crippen molar-refractivity contribution >= 4 is 11.7 Å². The number of nitrogens with zero attached hydrogens (tertiary/aromatic N) is 1. The van der Waals surface area contributed by atoms with E-state index in [1.165, 1.54) is 6.07 Å². The van der Waals surface area contributed by atoms with Crippen molar-refractivity contribution in [1.29, 1.82) is 0 Å². The number of pyridine rings is 1. The summed E-state index contributed by atoms with van der Waals surface area (Å²) < 4.78 is 13.9. The molecule has 0 aliphatic heterocycles. The molecule has 2 amide bonds. The van der Waals surface area contributed by atoms with Gasteiger partial charge in [0.05, 0.1) is 12.2 Å². The molecule has 4 nitrogen and oxygen atoms in total. The molecule has 2 aromatic rings. The Hall–Kier alpha value is -2.43. The van der Waals surface area contributed by atoms with Gasteiger partial charge in [0, 0.05) is 11.9 Å². The number of aromatic nitrogens is 1. The minimum Gasteiger partial charge on any atom is -0.332 e. The maximum atomic E-state index is 13.9. The third kappa shape index (κ3) is 3.56. The summed E-state index contributed by atoms with van der Waals surface area (Å²) in [6.07, 6.45) is 3.77. The van der Waals surface area contributed by atoms with Gasteiger partial charge < -0.3 is 10.6 Å². The van der Waals surface area contributed by atoms with E-state index in [0.717, 1.165) is 24.1 Å². The zero-order valence-corrected chi connectivity index (χ0v) is 11.5. The van der Waals surface area contributed by atoms with Crippen molar-refractivity contribution in [2.45, 2.75) is 25.3 Å². The lowest BCUT2D eigenvalue weighted by atomic mass is 10.1. The van der Waals surface area contributed by atoms with Crippen LogP contribution in [0.2, 0.25) is 0 Å². The lowest BCUT2D eigenvalue weighted by Gasteiger charge is -2.09. The third-order valence-electron chi connectivity index (χ3n) is 3.43. The van der Waals surface area contributed by atoms with E-state index in [1.54, 1.807) is 18.3 Å². The Morgan fingerprint density at radius 2 is 2.14 bits per heavy atom. The molecule has 0 saturated heterocycles. The molecule has 1 aliphatic carbocycles. The van der Waals surface area contributed by atoms with Crippen molar-refractivity contribution in [2.75, 3.05) is 5.32 Å². The van der Waals surface area contributed by atoms with Crippen LogP contribution in [0.5, 0.6) is 0 Å². The average molecular weight is 285 g/mol. The van der Waals surface area contributed by atoms with Crippen LogP contribution in [0.25, 0.3) is 0 Å². The predicted octanol–water partition coefficient (Wildman–Crippen LogP) is 3.42. The highest BCUT2D eigenvalue weighted by atomic mass is 19.1. The Balaban J connectivity index is 1.56. The maximum Gasteiger partial charge on any atom is 0.319 e. The summed E-state index contributed by atoms with van der Waals surface area (Å²) in [6.45, 7) is 0.329. The Kier molecular flexibility index (Phi) is 3.81. The van der Waals surface area contributed by atoms with Gasteiger partial charge in [-0.15, -0.1) is 0 Å². The number of carbonyl (C=O) groups excluding carboxylic acids is 1. The first-order valence-corrected chi connectivity index (χ1v) is 6.96. The Morgan fingerprint density at radius 3 is 2.81 bits per heavy atom. The van der Waals surface area contributed by atoms with Gasteiger partial charge in [0.25, 0.3) is 0 Å². The van der Waals surface area contributed by atoms with Gasteiger partial charge in [0.1, 0.15) is 5.82 Å². The molecule has 1 saturated carbocycles. The Bertz CT molecular complexity index is 641.